The molecule has 1 heterocycles. The lowest BCUT2D eigenvalue weighted by Crippen LogP contribution is -2.24. The second kappa shape index (κ2) is 3.46. The zero-order valence-corrected chi connectivity index (χ0v) is 6.48. The van der Waals surface area contributed by atoms with Gasteiger partial charge in [-0.2, -0.15) is 14.0 Å². The van der Waals surface area contributed by atoms with E-state index in [0.29, 0.717) is 6.07 Å². The molecular formula is C8H6F2N2O. The molecule has 0 amide bonds. The zero-order valence-electron chi connectivity index (χ0n) is 6.48. The molecule has 5 heteroatoms. The van der Waals surface area contributed by atoms with Crippen LogP contribution in [0.4, 0.5) is 8.78 Å². The zero-order chi connectivity index (χ0) is 9.90. The van der Waals surface area contributed by atoms with Crippen molar-refractivity contribution >= 4 is 0 Å². The minimum Gasteiger partial charge on any atom is -0.379 e. The largest absolute Gasteiger partial charge is 0.379 e. The maximum atomic E-state index is 12.6. The first kappa shape index (κ1) is 9.55. The second-order valence-electron chi connectivity index (χ2n) is 2.39. The number of aliphatic hydroxyl groups excluding tert-OH is 1. The highest BCUT2D eigenvalue weighted by Gasteiger charge is 2.40. The topological polar surface area (TPSA) is 56.9 Å². The number of aliphatic hydroxyl groups is 1. The fourth-order valence-electron chi connectivity index (χ4n) is 0.785. The molecule has 1 rings (SSSR count). The summed E-state index contributed by atoms with van der Waals surface area (Å²) in [7, 11) is 0. The van der Waals surface area contributed by atoms with E-state index >= 15 is 0 Å². The van der Waals surface area contributed by atoms with Gasteiger partial charge in [0.15, 0.2) is 6.10 Å². The molecule has 1 aromatic rings. The van der Waals surface area contributed by atoms with Gasteiger partial charge in [0.25, 0.3) is 0 Å². The second-order valence-corrected chi connectivity index (χ2v) is 2.39. The maximum absolute atomic E-state index is 12.6. The molecule has 0 spiro atoms. The predicted octanol–water partition coefficient (Wildman–Crippen LogP) is 1.27. The highest BCUT2D eigenvalue weighted by molar-refractivity contribution is 5.13. The van der Waals surface area contributed by atoms with Crippen LogP contribution >= 0.6 is 0 Å². The molecule has 0 radical (unpaired) electrons. The van der Waals surface area contributed by atoms with Crippen LogP contribution in [0.2, 0.25) is 0 Å². The van der Waals surface area contributed by atoms with E-state index in [1.165, 1.54) is 24.4 Å². The van der Waals surface area contributed by atoms with Crippen molar-refractivity contribution in [2.24, 2.45) is 0 Å². The van der Waals surface area contributed by atoms with Crippen LogP contribution in [0.5, 0.6) is 0 Å². The molecule has 1 atom stereocenters. The smallest absolute Gasteiger partial charge is 0.362 e. The Bertz CT molecular complexity index is 321. The minimum atomic E-state index is -3.80. The number of hydrogen-bond donors (Lipinski definition) is 1. The standard InChI is InChI=1S/C8H6F2N2O/c9-8(10,5-11)7(13)6-3-1-2-4-12-6/h1-4,7,13H. The Balaban J connectivity index is 2.94. The Morgan fingerprint density at radius 2 is 2.23 bits per heavy atom. The highest BCUT2D eigenvalue weighted by atomic mass is 19.3. The lowest BCUT2D eigenvalue weighted by molar-refractivity contribution is -0.0671. The molecular weight excluding hydrogens is 178 g/mol. The number of halogens is 2. The van der Waals surface area contributed by atoms with Gasteiger partial charge in [-0.25, -0.2) is 0 Å². The molecule has 0 aliphatic rings. The van der Waals surface area contributed by atoms with Gasteiger partial charge in [-0.3, -0.25) is 4.98 Å². The van der Waals surface area contributed by atoms with Gasteiger partial charge in [0.05, 0.1) is 5.69 Å². The fraction of sp³-hybridized carbons (Fsp3) is 0.250. The van der Waals surface area contributed by atoms with E-state index in [-0.39, 0.29) is 5.69 Å². The third-order valence-corrected chi connectivity index (χ3v) is 1.46. The van der Waals surface area contributed by atoms with Crippen LogP contribution in [0.25, 0.3) is 0 Å². The van der Waals surface area contributed by atoms with Crippen molar-refractivity contribution in [3.63, 3.8) is 0 Å². The summed E-state index contributed by atoms with van der Waals surface area (Å²) in [6, 6.07) is 4.93. The summed E-state index contributed by atoms with van der Waals surface area (Å²) in [5.41, 5.74) is -0.214. The van der Waals surface area contributed by atoms with E-state index in [1.807, 2.05) is 0 Å². The Labute approximate surface area is 73.3 Å². The molecule has 1 aromatic heterocycles. The van der Waals surface area contributed by atoms with E-state index in [0.717, 1.165) is 0 Å². The molecule has 13 heavy (non-hydrogen) atoms. The van der Waals surface area contributed by atoms with E-state index in [4.69, 9.17) is 10.4 Å². The van der Waals surface area contributed by atoms with Crippen molar-refractivity contribution in [1.29, 1.82) is 5.26 Å². The summed E-state index contributed by atoms with van der Waals surface area (Å²) in [5.74, 6) is -3.80. The summed E-state index contributed by atoms with van der Waals surface area (Å²) < 4.78 is 25.2. The molecule has 0 fully saturated rings. The van der Waals surface area contributed by atoms with Crippen LogP contribution in [0.3, 0.4) is 0 Å². The normalized spacial score (nSPS) is 13.4. The van der Waals surface area contributed by atoms with Gasteiger partial charge in [0, 0.05) is 6.20 Å². The summed E-state index contributed by atoms with van der Waals surface area (Å²) >= 11 is 0. The SMILES string of the molecule is N#CC(F)(F)C(O)c1ccccn1. The van der Waals surface area contributed by atoms with Crippen molar-refractivity contribution in [3.8, 4) is 6.07 Å². The molecule has 1 unspecified atom stereocenters. The summed E-state index contributed by atoms with van der Waals surface area (Å²) in [5, 5.41) is 17.1. The first-order valence-electron chi connectivity index (χ1n) is 3.46. The van der Waals surface area contributed by atoms with Gasteiger partial charge in [0.2, 0.25) is 0 Å². The summed E-state index contributed by atoms with van der Waals surface area (Å²) in [6.07, 6.45) is -0.898. The van der Waals surface area contributed by atoms with Gasteiger partial charge in [-0.1, -0.05) is 6.07 Å². The van der Waals surface area contributed by atoms with Gasteiger partial charge >= 0.3 is 5.92 Å². The number of nitrogens with zero attached hydrogens (tertiary/aromatic N) is 2. The van der Waals surface area contributed by atoms with Crippen LogP contribution in [0.1, 0.15) is 11.8 Å². The number of nitriles is 1. The third-order valence-electron chi connectivity index (χ3n) is 1.46. The number of alkyl halides is 2. The molecule has 0 aliphatic carbocycles. The van der Waals surface area contributed by atoms with Crippen LogP contribution < -0.4 is 0 Å². The number of hydrogen-bond acceptors (Lipinski definition) is 3. The maximum Gasteiger partial charge on any atom is 0.362 e. The first-order valence-corrected chi connectivity index (χ1v) is 3.46. The quantitative estimate of drug-likeness (QED) is 0.753. The molecule has 0 aliphatic heterocycles. The third kappa shape index (κ3) is 1.98. The van der Waals surface area contributed by atoms with Crippen molar-refractivity contribution < 1.29 is 13.9 Å². The van der Waals surface area contributed by atoms with Crippen LogP contribution in [0.15, 0.2) is 24.4 Å². The van der Waals surface area contributed by atoms with Crippen LogP contribution in [-0.4, -0.2) is 16.0 Å². The van der Waals surface area contributed by atoms with Crippen molar-refractivity contribution in [2.45, 2.75) is 12.0 Å². The monoisotopic (exact) mass is 184 g/mol. The molecule has 0 aromatic carbocycles. The van der Waals surface area contributed by atoms with Gasteiger partial charge in [-0.05, 0) is 12.1 Å². The van der Waals surface area contributed by atoms with E-state index < -0.39 is 12.0 Å². The van der Waals surface area contributed by atoms with Crippen LogP contribution in [-0.2, 0) is 0 Å². The van der Waals surface area contributed by atoms with E-state index in [1.54, 1.807) is 0 Å². The number of aromatic nitrogens is 1. The van der Waals surface area contributed by atoms with Crippen molar-refractivity contribution in [1.82, 2.24) is 4.98 Å². The Hall–Kier alpha value is -1.54. The van der Waals surface area contributed by atoms with Crippen molar-refractivity contribution in [2.75, 3.05) is 0 Å². The Morgan fingerprint density at radius 3 is 2.69 bits per heavy atom. The van der Waals surface area contributed by atoms with Crippen LogP contribution in [0, 0.1) is 11.3 Å². The fourth-order valence-corrected chi connectivity index (χ4v) is 0.785. The summed E-state index contributed by atoms with van der Waals surface area (Å²) in [6.45, 7) is 0. The summed E-state index contributed by atoms with van der Waals surface area (Å²) in [4.78, 5) is 3.51. The predicted molar refractivity (Wildman–Crippen MR) is 39.8 cm³/mol. The molecule has 0 saturated heterocycles. The highest BCUT2D eigenvalue weighted by Crippen LogP contribution is 2.28. The molecule has 68 valence electrons. The number of rotatable bonds is 2. The van der Waals surface area contributed by atoms with Gasteiger partial charge < -0.3 is 5.11 Å². The molecule has 0 bridgehead atoms. The first-order chi connectivity index (χ1) is 6.08. The Morgan fingerprint density at radius 1 is 1.54 bits per heavy atom. The molecule has 1 N–H and O–H groups in total. The lowest BCUT2D eigenvalue weighted by atomic mass is 10.1. The van der Waals surface area contributed by atoms with Crippen molar-refractivity contribution in [3.05, 3.63) is 30.1 Å². The molecule has 3 nitrogen and oxygen atoms in total. The van der Waals surface area contributed by atoms with E-state index in [2.05, 4.69) is 4.98 Å². The number of pyridine rings is 1. The minimum absolute atomic E-state index is 0.214. The average molecular weight is 184 g/mol. The average Bonchev–Trinajstić information content (AvgIpc) is 2.18. The lowest BCUT2D eigenvalue weighted by Gasteiger charge is -2.14. The van der Waals surface area contributed by atoms with Gasteiger partial charge in [0.1, 0.15) is 6.07 Å². The van der Waals surface area contributed by atoms with Gasteiger partial charge in [-0.15, -0.1) is 0 Å². The Kier molecular flexibility index (Phi) is 2.54. The van der Waals surface area contributed by atoms with E-state index in [9.17, 15) is 8.78 Å². The molecule has 0 saturated carbocycles.